The van der Waals surface area contributed by atoms with Gasteiger partial charge in [-0.3, -0.25) is 14.9 Å². The Bertz CT molecular complexity index is 842. The highest BCUT2D eigenvalue weighted by Gasteiger charge is 2.30. The maximum absolute atomic E-state index is 12.0. The molecule has 3 heterocycles. The van der Waals surface area contributed by atoms with Crippen molar-refractivity contribution in [1.82, 2.24) is 15.2 Å². The maximum atomic E-state index is 12.0. The zero-order valence-electron chi connectivity index (χ0n) is 13.2. The average Bonchev–Trinajstić information content (AvgIpc) is 3.05. The van der Waals surface area contributed by atoms with Gasteiger partial charge in [0.25, 0.3) is 0 Å². The second kappa shape index (κ2) is 6.28. The molecule has 1 unspecified atom stereocenters. The quantitative estimate of drug-likeness (QED) is 0.773. The molecule has 1 aromatic carbocycles. The first kappa shape index (κ1) is 14.6. The number of carbonyl (C=O) groups excluding carboxylic acids is 1. The Morgan fingerprint density at radius 1 is 1.12 bits per heavy atom. The average molecular weight is 318 g/mol. The van der Waals surface area contributed by atoms with E-state index in [0.29, 0.717) is 12.2 Å². The molecule has 5 heteroatoms. The van der Waals surface area contributed by atoms with Crippen molar-refractivity contribution in [2.45, 2.75) is 25.2 Å². The largest absolute Gasteiger partial charge is 0.309 e. The molecular weight excluding hydrogens is 300 g/mol. The molecule has 0 bridgehead atoms. The fourth-order valence-electron chi connectivity index (χ4n) is 3.32. The molecule has 3 aromatic rings. The van der Waals surface area contributed by atoms with E-state index in [1.54, 1.807) is 6.20 Å². The number of aromatic amines is 1. The lowest BCUT2D eigenvalue weighted by atomic mass is 9.86. The predicted molar refractivity (Wildman–Crippen MR) is 92.6 cm³/mol. The highest BCUT2D eigenvalue weighted by atomic mass is 16.1. The predicted octanol–water partition coefficient (Wildman–Crippen LogP) is 3.53. The van der Waals surface area contributed by atoms with Gasteiger partial charge in [0.2, 0.25) is 5.91 Å². The summed E-state index contributed by atoms with van der Waals surface area (Å²) in [4.78, 5) is 16.2. The summed E-state index contributed by atoms with van der Waals surface area (Å²) in [6.45, 7) is 0. The van der Waals surface area contributed by atoms with Crippen LogP contribution in [0.25, 0.3) is 11.3 Å². The molecular formula is C19H18N4O. The zero-order valence-corrected chi connectivity index (χ0v) is 13.2. The van der Waals surface area contributed by atoms with Crippen LogP contribution in [0.2, 0.25) is 0 Å². The highest BCUT2D eigenvalue weighted by molar-refractivity contribution is 5.95. The van der Waals surface area contributed by atoms with Crippen molar-refractivity contribution in [2.24, 2.45) is 0 Å². The second-order valence-corrected chi connectivity index (χ2v) is 6.08. The van der Waals surface area contributed by atoms with Crippen LogP contribution in [0.1, 0.15) is 29.9 Å². The van der Waals surface area contributed by atoms with E-state index in [1.165, 1.54) is 5.56 Å². The first-order valence-electron chi connectivity index (χ1n) is 8.13. The van der Waals surface area contributed by atoms with Gasteiger partial charge in [0.1, 0.15) is 0 Å². The Morgan fingerprint density at radius 3 is 2.79 bits per heavy atom. The number of aryl methyl sites for hydroxylation is 1. The van der Waals surface area contributed by atoms with Crippen LogP contribution in [-0.4, -0.2) is 21.1 Å². The normalized spacial score (nSPS) is 16.5. The van der Waals surface area contributed by atoms with Crippen LogP contribution in [0.3, 0.4) is 0 Å². The molecule has 0 fully saturated rings. The number of pyridine rings is 1. The fraction of sp³-hybridized carbons (Fsp3) is 0.211. The number of benzene rings is 1. The third-order valence-electron chi connectivity index (χ3n) is 4.48. The summed E-state index contributed by atoms with van der Waals surface area (Å²) in [6, 6.07) is 14.3. The molecule has 24 heavy (non-hydrogen) atoms. The molecule has 5 nitrogen and oxygen atoms in total. The molecule has 2 N–H and O–H groups in total. The maximum Gasteiger partial charge on any atom is 0.226 e. The monoisotopic (exact) mass is 318 g/mol. The van der Waals surface area contributed by atoms with Gasteiger partial charge in [-0.2, -0.15) is 5.10 Å². The van der Waals surface area contributed by atoms with Gasteiger partial charge in [0.05, 0.1) is 5.69 Å². The number of nitrogens with one attached hydrogen (secondary N) is 2. The van der Waals surface area contributed by atoms with E-state index in [1.807, 2.05) is 36.5 Å². The summed E-state index contributed by atoms with van der Waals surface area (Å²) in [7, 11) is 0. The minimum absolute atomic E-state index is 0.0322. The van der Waals surface area contributed by atoms with Crippen LogP contribution in [-0.2, 0) is 11.2 Å². The molecule has 1 aliphatic heterocycles. The van der Waals surface area contributed by atoms with Crippen LogP contribution in [0.4, 0.5) is 5.82 Å². The number of rotatable bonds is 4. The number of fused-ring (bicyclic) bond motifs is 1. The first-order valence-corrected chi connectivity index (χ1v) is 8.13. The van der Waals surface area contributed by atoms with Gasteiger partial charge in [-0.25, -0.2) is 0 Å². The van der Waals surface area contributed by atoms with E-state index in [4.69, 9.17) is 0 Å². The van der Waals surface area contributed by atoms with Crippen molar-refractivity contribution in [3.8, 4) is 11.3 Å². The summed E-state index contributed by atoms with van der Waals surface area (Å²) in [5.74, 6) is 0.843. The van der Waals surface area contributed by atoms with E-state index in [-0.39, 0.29) is 11.8 Å². The third kappa shape index (κ3) is 2.80. The zero-order chi connectivity index (χ0) is 16.4. The number of anilines is 1. The number of hydrogen-bond donors (Lipinski definition) is 2. The molecule has 120 valence electrons. The van der Waals surface area contributed by atoms with Crippen LogP contribution in [0.5, 0.6) is 0 Å². The Labute approximate surface area is 140 Å². The molecule has 1 aliphatic rings. The molecule has 2 aromatic heterocycles. The molecule has 1 atom stereocenters. The topological polar surface area (TPSA) is 70.7 Å². The van der Waals surface area contributed by atoms with E-state index < -0.39 is 0 Å². The number of carbonyl (C=O) groups is 1. The lowest BCUT2D eigenvalue weighted by molar-refractivity contribution is -0.116. The Morgan fingerprint density at radius 2 is 2.00 bits per heavy atom. The number of nitrogens with zero attached hydrogens (tertiary/aromatic N) is 2. The van der Waals surface area contributed by atoms with Crippen LogP contribution in [0.15, 0.2) is 54.9 Å². The summed E-state index contributed by atoms with van der Waals surface area (Å²) in [6.07, 6.45) is 5.92. The molecule has 1 amide bonds. The Hall–Kier alpha value is -2.95. The van der Waals surface area contributed by atoms with Crippen molar-refractivity contribution in [3.63, 3.8) is 0 Å². The van der Waals surface area contributed by atoms with Gasteiger partial charge < -0.3 is 5.32 Å². The molecule has 4 rings (SSSR count). The lowest BCUT2D eigenvalue weighted by Crippen LogP contribution is -2.23. The van der Waals surface area contributed by atoms with Gasteiger partial charge in [-0.1, -0.05) is 30.3 Å². The fourth-order valence-corrected chi connectivity index (χ4v) is 3.32. The van der Waals surface area contributed by atoms with E-state index in [9.17, 15) is 4.79 Å². The summed E-state index contributed by atoms with van der Waals surface area (Å²) in [5.41, 5.74) is 4.33. The molecule has 0 spiro atoms. The van der Waals surface area contributed by atoms with Gasteiger partial charge in [-0.15, -0.1) is 0 Å². The minimum Gasteiger partial charge on any atom is -0.309 e. The van der Waals surface area contributed by atoms with Gasteiger partial charge in [0, 0.05) is 29.9 Å². The summed E-state index contributed by atoms with van der Waals surface area (Å²) >= 11 is 0. The Kier molecular flexibility index (Phi) is 3.83. The standard InChI is InChI=1S/C19H18N4O/c24-16-11-14(9-8-13-5-2-1-3-6-13)17-18(22-23-19(17)21-16)15-7-4-10-20-12-15/h1-7,10,12,14H,8-9,11H2,(H2,21,22,23,24). The number of aromatic nitrogens is 3. The van der Waals surface area contributed by atoms with E-state index >= 15 is 0 Å². The van der Waals surface area contributed by atoms with Crippen molar-refractivity contribution in [3.05, 3.63) is 66.0 Å². The van der Waals surface area contributed by atoms with Gasteiger partial charge in [0.15, 0.2) is 5.82 Å². The summed E-state index contributed by atoms with van der Waals surface area (Å²) < 4.78 is 0. The highest BCUT2D eigenvalue weighted by Crippen LogP contribution is 2.40. The van der Waals surface area contributed by atoms with E-state index in [2.05, 4.69) is 32.6 Å². The van der Waals surface area contributed by atoms with Crippen LogP contribution in [0, 0.1) is 0 Å². The van der Waals surface area contributed by atoms with Gasteiger partial charge in [-0.05, 0) is 36.5 Å². The number of H-pyrrole nitrogens is 1. The molecule has 0 saturated carbocycles. The number of hydrogen-bond acceptors (Lipinski definition) is 3. The van der Waals surface area contributed by atoms with Gasteiger partial charge >= 0.3 is 0 Å². The van der Waals surface area contributed by atoms with Crippen LogP contribution >= 0.6 is 0 Å². The Balaban J connectivity index is 1.65. The van der Waals surface area contributed by atoms with Crippen LogP contribution < -0.4 is 5.32 Å². The first-order chi connectivity index (χ1) is 11.8. The van der Waals surface area contributed by atoms with Crippen molar-refractivity contribution >= 4 is 11.7 Å². The molecule has 0 saturated heterocycles. The van der Waals surface area contributed by atoms with Crippen molar-refractivity contribution in [2.75, 3.05) is 5.32 Å². The summed E-state index contributed by atoms with van der Waals surface area (Å²) in [5, 5.41) is 10.3. The SMILES string of the molecule is O=C1CC(CCc2ccccc2)c2c(n[nH]c2-c2cccnc2)N1. The number of amides is 1. The van der Waals surface area contributed by atoms with Crippen molar-refractivity contribution in [1.29, 1.82) is 0 Å². The minimum atomic E-state index is 0.0322. The molecule has 0 radical (unpaired) electrons. The smallest absolute Gasteiger partial charge is 0.226 e. The second-order valence-electron chi connectivity index (χ2n) is 6.08. The van der Waals surface area contributed by atoms with Crippen molar-refractivity contribution < 1.29 is 4.79 Å². The van der Waals surface area contributed by atoms with E-state index in [0.717, 1.165) is 29.7 Å². The molecule has 0 aliphatic carbocycles. The lowest BCUT2D eigenvalue weighted by Gasteiger charge is -2.23. The third-order valence-corrected chi connectivity index (χ3v) is 4.48.